The second kappa shape index (κ2) is 6.85. The van der Waals surface area contributed by atoms with Gasteiger partial charge in [-0.1, -0.05) is 6.07 Å². The van der Waals surface area contributed by atoms with Crippen LogP contribution in [-0.2, 0) is 15.3 Å². The molecule has 0 bridgehead atoms. The van der Waals surface area contributed by atoms with Crippen molar-refractivity contribution >= 4 is 23.4 Å². The highest BCUT2D eigenvalue weighted by Gasteiger charge is 2.18. The number of nitro groups is 1. The van der Waals surface area contributed by atoms with Crippen LogP contribution >= 0.6 is 11.8 Å². The lowest BCUT2D eigenvalue weighted by Crippen LogP contribution is -2.04. The second-order valence-corrected chi connectivity index (χ2v) is 4.27. The van der Waals surface area contributed by atoms with Gasteiger partial charge in [-0.3, -0.25) is 14.9 Å². The van der Waals surface area contributed by atoms with Gasteiger partial charge >= 0.3 is 5.97 Å². The summed E-state index contributed by atoms with van der Waals surface area (Å²) < 4.78 is 9.58. The Morgan fingerprint density at radius 2 is 2.17 bits per heavy atom. The van der Waals surface area contributed by atoms with Gasteiger partial charge in [0.05, 0.1) is 30.5 Å². The van der Waals surface area contributed by atoms with Crippen LogP contribution in [0.5, 0.6) is 5.75 Å². The van der Waals surface area contributed by atoms with Crippen LogP contribution in [-0.4, -0.2) is 30.9 Å². The van der Waals surface area contributed by atoms with E-state index in [1.54, 1.807) is 12.1 Å². The Bertz CT molecular complexity index is 449. The summed E-state index contributed by atoms with van der Waals surface area (Å²) in [5.74, 6) is 0.542. The fourth-order valence-corrected chi connectivity index (χ4v) is 2.24. The van der Waals surface area contributed by atoms with Gasteiger partial charge < -0.3 is 9.47 Å². The van der Waals surface area contributed by atoms with Crippen molar-refractivity contribution in [3.63, 3.8) is 0 Å². The standard InChI is InChI=1S/C11H13NO5S/c1-16-10-5-3-4-9(12(14)15)8(10)6-18-7-11(13)17-2/h3-5H,6-7H2,1-2H3. The van der Waals surface area contributed by atoms with E-state index in [0.717, 1.165) is 0 Å². The van der Waals surface area contributed by atoms with Crippen LogP contribution < -0.4 is 4.74 Å². The Morgan fingerprint density at radius 3 is 2.72 bits per heavy atom. The lowest BCUT2D eigenvalue weighted by Gasteiger charge is -2.08. The summed E-state index contributed by atoms with van der Waals surface area (Å²) in [6.07, 6.45) is 0. The number of benzene rings is 1. The number of methoxy groups -OCH3 is 2. The van der Waals surface area contributed by atoms with Gasteiger partial charge in [-0.25, -0.2) is 0 Å². The van der Waals surface area contributed by atoms with E-state index < -0.39 is 4.92 Å². The van der Waals surface area contributed by atoms with Crippen LogP contribution in [0.4, 0.5) is 5.69 Å². The van der Waals surface area contributed by atoms with Gasteiger partial charge in [-0.05, 0) is 6.07 Å². The van der Waals surface area contributed by atoms with Crippen LogP contribution in [0.1, 0.15) is 5.56 Å². The monoisotopic (exact) mass is 271 g/mol. The van der Waals surface area contributed by atoms with Gasteiger partial charge in [0, 0.05) is 11.8 Å². The molecule has 0 saturated heterocycles. The number of carbonyl (C=O) groups is 1. The minimum Gasteiger partial charge on any atom is -0.496 e. The minimum atomic E-state index is -0.462. The third-order valence-electron chi connectivity index (χ3n) is 2.22. The zero-order valence-electron chi connectivity index (χ0n) is 10.0. The molecular formula is C11H13NO5S. The van der Waals surface area contributed by atoms with Crippen LogP contribution in [0.15, 0.2) is 18.2 Å². The summed E-state index contributed by atoms with van der Waals surface area (Å²) in [5.41, 5.74) is 0.464. The third kappa shape index (κ3) is 3.63. The molecule has 1 aromatic carbocycles. The van der Waals surface area contributed by atoms with Crippen molar-refractivity contribution in [1.29, 1.82) is 0 Å². The minimum absolute atomic E-state index is 0.00767. The Balaban J connectivity index is 2.84. The Kier molecular flexibility index (Phi) is 5.44. The molecule has 0 radical (unpaired) electrons. The molecule has 0 aliphatic heterocycles. The first-order valence-electron chi connectivity index (χ1n) is 5.05. The number of esters is 1. The number of ether oxygens (including phenoxy) is 2. The fraction of sp³-hybridized carbons (Fsp3) is 0.364. The maximum atomic E-state index is 11.0. The topological polar surface area (TPSA) is 78.7 Å². The van der Waals surface area contributed by atoms with Crippen molar-refractivity contribution in [2.45, 2.75) is 5.75 Å². The van der Waals surface area contributed by atoms with Crippen molar-refractivity contribution in [3.8, 4) is 5.75 Å². The van der Waals surface area contributed by atoms with Crippen molar-refractivity contribution < 1.29 is 19.2 Å². The number of carbonyl (C=O) groups excluding carboxylic acids is 1. The molecule has 7 heteroatoms. The molecule has 0 N–H and O–H groups in total. The van der Waals surface area contributed by atoms with Crippen molar-refractivity contribution in [3.05, 3.63) is 33.9 Å². The van der Waals surface area contributed by atoms with Gasteiger partial charge in [0.15, 0.2) is 0 Å². The molecule has 0 aromatic heterocycles. The van der Waals surface area contributed by atoms with Gasteiger partial charge in [0.25, 0.3) is 5.69 Å². The fourth-order valence-electron chi connectivity index (χ4n) is 1.36. The number of nitro benzene ring substituents is 1. The van der Waals surface area contributed by atoms with Crippen LogP contribution in [0.3, 0.4) is 0 Å². The summed E-state index contributed by atoms with van der Waals surface area (Å²) in [6, 6.07) is 4.63. The van der Waals surface area contributed by atoms with E-state index in [1.807, 2.05) is 0 Å². The van der Waals surface area contributed by atoms with E-state index in [-0.39, 0.29) is 17.4 Å². The van der Waals surface area contributed by atoms with E-state index in [1.165, 1.54) is 32.0 Å². The van der Waals surface area contributed by atoms with Gasteiger partial charge in [0.2, 0.25) is 0 Å². The van der Waals surface area contributed by atoms with Gasteiger partial charge in [0.1, 0.15) is 5.75 Å². The first-order chi connectivity index (χ1) is 8.60. The molecule has 6 nitrogen and oxygen atoms in total. The van der Waals surface area contributed by atoms with Crippen molar-refractivity contribution in [1.82, 2.24) is 0 Å². The molecule has 18 heavy (non-hydrogen) atoms. The smallest absolute Gasteiger partial charge is 0.315 e. The molecule has 0 heterocycles. The van der Waals surface area contributed by atoms with E-state index in [9.17, 15) is 14.9 Å². The van der Waals surface area contributed by atoms with E-state index >= 15 is 0 Å². The number of hydrogen-bond acceptors (Lipinski definition) is 6. The highest BCUT2D eigenvalue weighted by Crippen LogP contribution is 2.31. The Morgan fingerprint density at radius 1 is 1.44 bits per heavy atom. The van der Waals surface area contributed by atoms with Crippen LogP contribution in [0, 0.1) is 10.1 Å². The zero-order valence-corrected chi connectivity index (χ0v) is 10.9. The number of rotatable bonds is 6. The average molecular weight is 271 g/mol. The van der Waals surface area contributed by atoms with Gasteiger partial charge in [-0.15, -0.1) is 11.8 Å². The van der Waals surface area contributed by atoms with Crippen LogP contribution in [0.25, 0.3) is 0 Å². The zero-order chi connectivity index (χ0) is 13.5. The molecular weight excluding hydrogens is 258 g/mol. The maximum absolute atomic E-state index is 11.0. The first kappa shape index (κ1) is 14.3. The summed E-state index contributed by atoms with van der Waals surface area (Å²) in [6.45, 7) is 0. The van der Waals surface area contributed by atoms with Crippen molar-refractivity contribution in [2.75, 3.05) is 20.0 Å². The normalized spacial score (nSPS) is 9.89. The number of nitrogens with zero attached hydrogens (tertiary/aromatic N) is 1. The van der Waals surface area contributed by atoms with Gasteiger partial charge in [-0.2, -0.15) is 0 Å². The average Bonchev–Trinajstić information content (AvgIpc) is 2.38. The Hall–Kier alpha value is -1.76. The molecule has 0 atom stereocenters. The highest BCUT2D eigenvalue weighted by atomic mass is 32.2. The number of thioether (sulfide) groups is 1. The van der Waals surface area contributed by atoms with E-state index in [0.29, 0.717) is 17.1 Å². The summed E-state index contributed by atoms with van der Waals surface area (Å²) in [5, 5.41) is 10.9. The van der Waals surface area contributed by atoms with Crippen LogP contribution in [0.2, 0.25) is 0 Å². The first-order valence-corrected chi connectivity index (χ1v) is 6.20. The maximum Gasteiger partial charge on any atom is 0.315 e. The molecule has 0 spiro atoms. The lowest BCUT2D eigenvalue weighted by atomic mass is 10.2. The van der Waals surface area contributed by atoms with E-state index in [2.05, 4.69) is 4.74 Å². The third-order valence-corrected chi connectivity index (χ3v) is 3.15. The lowest BCUT2D eigenvalue weighted by molar-refractivity contribution is -0.385. The molecule has 0 fully saturated rings. The molecule has 0 saturated carbocycles. The molecule has 1 rings (SSSR count). The molecule has 0 aliphatic rings. The highest BCUT2D eigenvalue weighted by molar-refractivity contribution is 7.99. The number of hydrogen-bond donors (Lipinski definition) is 0. The van der Waals surface area contributed by atoms with Crippen molar-refractivity contribution in [2.24, 2.45) is 0 Å². The largest absolute Gasteiger partial charge is 0.496 e. The molecule has 1 aromatic rings. The molecule has 0 aliphatic carbocycles. The molecule has 98 valence electrons. The predicted octanol–water partition coefficient (Wildman–Crippen LogP) is 2.01. The summed E-state index contributed by atoms with van der Waals surface area (Å²) in [7, 11) is 2.75. The quantitative estimate of drug-likeness (QED) is 0.447. The molecule has 0 amide bonds. The SMILES string of the molecule is COC(=O)CSCc1c(OC)cccc1[N+](=O)[O-]. The predicted molar refractivity (Wildman–Crippen MR) is 67.8 cm³/mol. The second-order valence-electron chi connectivity index (χ2n) is 3.28. The summed E-state index contributed by atoms with van der Waals surface area (Å²) in [4.78, 5) is 21.4. The van der Waals surface area contributed by atoms with E-state index in [4.69, 9.17) is 4.74 Å². The summed E-state index contributed by atoms with van der Waals surface area (Å²) >= 11 is 1.24. The Labute approximate surface area is 108 Å². The molecule has 0 unspecified atom stereocenters.